The molecule has 0 unspecified atom stereocenters. The number of rotatable bonds is 3. The molecule has 0 bridgehead atoms. The van der Waals surface area contributed by atoms with Crippen molar-refractivity contribution in [2.75, 3.05) is 0 Å². The molecule has 1 aliphatic carbocycles. The summed E-state index contributed by atoms with van der Waals surface area (Å²) < 4.78 is 4.61. The van der Waals surface area contributed by atoms with E-state index in [1.165, 1.54) is 59.6 Å². The minimum Gasteiger partial charge on any atom is -0.292 e. The summed E-state index contributed by atoms with van der Waals surface area (Å²) in [5.41, 5.74) is 12.0. The molecule has 0 fully saturated rings. The molecule has 0 N–H and O–H groups in total. The number of thiophene rings is 1. The third kappa shape index (κ3) is 4.04. The van der Waals surface area contributed by atoms with Gasteiger partial charge in [0.2, 0.25) is 0 Å². The van der Waals surface area contributed by atoms with Gasteiger partial charge in [0.25, 0.3) is 0 Å². The van der Waals surface area contributed by atoms with Crippen LogP contribution >= 0.6 is 11.3 Å². The predicted molar refractivity (Wildman–Crippen MR) is 213 cm³/mol. The fourth-order valence-electron chi connectivity index (χ4n) is 8.46. The zero-order valence-corrected chi connectivity index (χ0v) is 28.9. The van der Waals surface area contributed by atoms with Crippen LogP contribution in [0.1, 0.15) is 25.0 Å². The molecule has 0 saturated heterocycles. The molecule has 0 radical (unpaired) electrons. The lowest BCUT2D eigenvalue weighted by Gasteiger charge is -2.21. The summed E-state index contributed by atoms with van der Waals surface area (Å²) in [5.74, 6) is 1.58. The second-order valence-electron chi connectivity index (χ2n) is 14.1. The van der Waals surface area contributed by atoms with E-state index >= 15 is 0 Å². The van der Waals surface area contributed by atoms with Crippen molar-refractivity contribution in [3.63, 3.8) is 0 Å². The molecular weight excluding hydrogens is 641 g/mol. The van der Waals surface area contributed by atoms with Crippen molar-refractivity contribution in [1.82, 2.24) is 19.5 Å². The van der Waals surface area contributed by atoms with Crippen LogP contribution in [0.3, 0.4) is 0 Å². The van der Waals surface area contributed by atoms with Gasteiger partial charge in [0, 0.05) is 44.2 Å². The summed E-state index contributed by atoms with van der Waals surface area (Å²) in [7, 11) is 0. The molecule has 4 heterocycles. The second-order valence-corrected chi connectivity index (χ2v) is 15.1. The minimum absolute atomic E-state index is 0.0592. The number of fused-ring (bicyclic) bond motifs is 10. The summed E-state index contributed by atoms with van der Waals surface area (Å²) >= 11 is 1.77. The molecule has 6 aromatic carbocycles. The summed E-state index contributed by atoms with van der Waals surface area (Å²) in [6.45, 7) is 4.68. The standard InChI is InChI=1S/C46H30N4S/c1-46(2)36-15-7-5-13-33(36)41-31(14-9-16-37(41)46)30-18-19-40-35(25-30)42-43(51-40)45(49-44(48-42)27-20-22-47-23-21-27)50-38-17-8-6-12-32(38)34-24-28-10-3-4-11-29(28)26-39(34)50/h3-26H,1-2H3. The summed E-state index contributed by atoms with van der Waals surface area (Å²) in [4.78, 5) is 15.0. The van der Waals surface area contributed by atoms with Gasteiger partial charge in [-0.3, -0.25) is 9.55 Å². The van der Waals surface area contributed by atoms with Crippen LogP contribution in [0.4, 0.5) is 0 Å². The van der Waals surface area contributed by atoms with E-state index in [4.69, 9.17) is 9.97 Å². The van der Waals surface area contributed by atoms with Crippen LogP contribution < -0.4 is 0 Å². The first kappa shape index (κ1) is 28.6. The van der Waals surface area contributed by atoms with E-state index in [1.54, 1.807) is 11.3 Å². The topological polar surface area (TPSA) is 43.6 Å². The predicted octanol–water partition coefficient (Wildman–Crippen LogP) is 12.1. The number of hydrogen-bond acceptors (Lipinski definition) is 4. The average molecular weight is 671 g/mol. The van der Waals surface area contributed by atoms with Gasteiger partial charge in [-0.15, -0.1) is 11.3 Å². The second kappa shape index (κ2) is 10.4. The number of pyridine rings is 1. The lowest BCUT2D eigenvalue weighted by molar-refractivity contribution is 0.660. The van der Waals surface area contributed by atoms with Crippen molar-refractivity contribution < 1.29 is 0 Å². The van der Waals surface area contributed by atoms with Crippen molar-refractivity contribution in [2.45, 2.75) is 19.3 Å². The Morgan fingerprint density at radius 2 is 1.31 bits per heavy atom. The minimum atomic E-state index is -0.0592. The molecule has 5 heteroatoms. The molecule has 0 atom stereocenters. The highest BCUT2D eigenvalue weighted by Crippen LogP contribution is 2.52. The van der Waals surface area contributed by atoms with Crippen molar-refractivity contribution in [2.24, 2.45) is 0 Å². The van der Waals surface area contributed by atoms with Crippen molar-refractivity contribution in [3.8, 4) is 39.5 Å². The number of benzene rings is 6. The van der Waals surface area contributed by atoms with Crippen molar-refractivity contribution in [3.05, 3.63) is 157 Å². The zero-order chi connectivity index (χ0) is 33.8. The molecule has 10 aromatic rings. The van der Waals surface area contributed by atoms with Crippen LogP contribution in [-0.2, 0) is 5.41 Å². The highest BCUT2D eigenvalue weighted by atomic mass is 32.1. The van der Waals surface area contributed by atoms with E-state index < -0.39 is 0 Å². The fraction of sp³-hybridized carbons (Fsp3) is 0.0652. The maximum absolute atomic E-state index is 5.39. The third-order valence-corrected chi connectivity index (χ3v) is 12.1. The smallest absolute Gasteiger partial charge is 0.162 e. The van der Waals surface area contributed by atoms with E-state index in [2.05, 4.69) is 145 Å². The van der Waals surface area contributed by atoms with Gasteiger partial charge in [-0.25, -0.2) is 9.97 Å². The first-order chi connectivity index (χ1) is 25.0. The molecule has 1 aliphatic rings. The summed E-state index contributed by atoms with van der Waals surface area (Å²) in [6.07, 6.45) is 3.63. The van der Waals surface area contributed by atoms with Crippen LogP contribution in [0.25, 0.3) is 92.3 Å². The molecule has 0 amide bonds. The van der Waals surface area contributed by atoms with Crippen LogP contribution in [0, 0.1) is 0 Å². The number of hydrogen-bond donors (Lipinski definition) is 0. The Bertz CT molecular complexity index is 3060. The Kier molecular flexibility index (Phi) is 5.85. The van der Waals surface area contributed by atoms with E-state index in [9.17, 15) is 0 Å². The van der Waals surface area contributed by atoms with Gasteiger partial charge >= 0.3 is 0 Å². The zero-order valence-electron chi connectivity index (χ0n) is 28.1. The molecule has 4 nitrogen and oxygen atoms in total. The van der Waals surface area contributed by atoms with Gasteiger partial charge in [-0.05, 0) is 86.6 Å². The Balaban J connectivity index is 1.22. The molecular formula is C46H30N4S. The average Bonchev–Trinajstić information content (AvgIpc) is 3.79. The number of nitrogens with zero attached hydrogens (tertiary/aromatic N) is 4. The Labute approximate surface area is 298 Å². The van der Waals surface area contributed by atoms with Gasteiger partial charge in [0.15, 0.2) is 11.6 Å². The Hall–Kier alpha value is -6.17. The first-order valence-electron chi connectivity index (χ1n) is 17.4. The fourth-order valence-corrected chi connectivity index (χ4v) is 9.56. The SMILES string of the molecule is CC1(C)c2ccccc2-c2c(-c3ccc4sc5c(-n6c7ccccc7c7cc8ccccc8cc76)nc(-c6ccncc6)nc5c4c3)cccc21. The van der Waals surface area contributed by atoms with Gasteiger partial charge in [-0.2, -0.15) is 0 Å². The molecule has 0 aliphatic heterocycles. The molecule has 4 aromatic heterocycles. The first-order valence-corrected chi connectivity index (χ1v) is 18.2. The lowest BCUT2D eigenvalue weighted by atomic mass is 9.82. The maximum atomic E-state index is 5.39. The molecule has 240 valence electrons. The summed E-state index contributed by atoms with van der Waals surface area (Å²) in [5, 5.41) is 5.99. The largest absolute Gasteiger partial charge is 0.292 e. The van der Waals surface area contributed by atoms with Crippen molar-refractivity contribution in [1.29, 1.82) is 0 Å². The van der Waals surface area contributed by atoms with Crippen LogP contribution in [0.2, 0.25) is 0 Å². The Morgan fingerprint density at radius 1 is 0.569 bits per heavy atom. The lowest BCUT2D eigenvalue weighted by Crippen LogP contribution is -2.14. The molecule has 0 spiro atoms. The highest BCUT2D eigenvalue weighted by molar-refractivity contribution is 7.26. The van der Waals surface area contributed by atoms with Crippen LogP contribution in [-0.4, -0.2) is 19.5 Å². The van der Waals surface area contributed by atoms with Crippen LogP contribution in [0.15, 0.2) is 146 Å². The van der Waals surface area contributed by atoms with Gasteiger partial charge in [0.1, 0.15) is 0 Å². The third-order valence-electron chi connectivity index (χ3n) is 10.9. The molecule has 0 saturated carbocycles. The monoisotopic (exact) mass is 670 g/mol. The van der Waals surface area contributed by atoms with Crippen molar-refractivity contribution >= 4 is 64.2 Å². The van der Waals surface area contributed by atoms with E-state index in [0.29, 0.717) is 5.82 Å². The van der Waals surface area contributed by atoms with E-state index in [-0.39, 0.29) is 5.41 Å². The highest BCUT2D eigenvalue weighted by Gasteiger charge is 2.36. The molecule has 11 rings (SSSR count). The molecule has 51 heavy (non-hydrogen) atoms. The van der Waals surface area contributed by atoms with Gasteiger partial charge in [0.05, 0.1) is 21.3 Å². The quantitative estimate of drug-likeness (QED) is 0.188. The normalized spacial score (nSPS) is 13.5. The van der Waals surface area contributed by atoms with E-state index in [1.807, 2.05) is 24.5 Å². The van der Waals surface area contributed by atoms with Crippen LogP contribution in [0.5, 0.6) is 0 Å². The summed E-state index contributed by atoms with van der Waals surface area (Å²) in [6, 6.07) is 48.5. The van der Waals surface area contributed by atoms with Gasteiger partial charge < -0.3 is 0 Å². The van der Waals surface area contributed by atoms with E-state index in [0.717, 1.165) is 38.0 Å². The van der Waals surface area contributed by atoms with Gasteiger partial charge in [-0.1, -0.05) is 105 Å². The maximum Gasteiger partial charge on any atom is 0.162 e. The Morgan fingerprint density at radius 3 is 2.20 bits per heavy atom. The number of para-hydroxylation sites is 1. The number of aromatic nitrogens is 4.